The first-order valence-electron chi connectivity index (χ1n) is 4.31. The molecule has 0 aromatic heterocycles. The van der Waals surface area contributed by atoms with Crippen molar-refractivity contribution in [1.82, 2.24) is 0 Å². The molecule has 1 aromatic rings. The van der Waals surface area contributed by atoms with Crippen molar-refractivity contribution in [3.8, 4) is 0 Å². The van der Waals surface area contributed by atoms with E-state index in [0.717, 1.165) is 6.61 Å². The van der Waals surface area contributed by atoms with E-state index in [9.17, 15) is 0 Å². The normalized spacial score (nSPS) is 23.0. The first-order valence-corrected chi connectivity index (χ1v) is 5.39. The van der Waals surface area contributed by atoms with Crippen LogP contribution in [0.5, 0.6) is 0 Å². The molecule has 3 heteroatoms. The lowest BCUT2D eigenvalue weighted by Crippen LogP contribution is -2.21. The van der Waals surface area contributed by atoms with Gasteiger partial charge in [-0.2, -0.15) is 0 Å². The highest BCUT2D eigenvalue weighted by Crippen LogP contribution is 2.21. The van der Waals surface area contributed by atoms with Crippen molar-refractivity contribution in [2.24, 2.45) is 0 Å². The van der Waals surface area contributed by atoms with Crippen molar-refractivity contribution in [2.75, 3.05) is 19.8 Å². The lowest BCUT2D eigenvalue weighted by Gasteiger charge is -2.23. The third kappa shape index (κ3) is 2.42. The fourth-order valence-corrected chi connectivity index (χ4v) is 1.72. The van der Waals surface area contributed by atoms with E-state index in [-0.39, 0.29) is 6.10 Å². The molecule has 1 aliphatic heterocycles. The van der Waals surface area contributed by atoms with Crippen LogP contribution in [0.25, 0.3) is 0 Å². The second-order valence-electron chi connectivity index (χ2n) is 2.99. The zero-order valence-corrected chi connectivity index (χ0v) is 9.36. The highest BCUT2D eigenvalue weighted by Gasteiger charge is 2.15. The van der Waals surface area contributed by atoms with Crippen molar-refractivity contribution in [2.45, 2.75) is 6.10 Å². The van der Waals surface area contributed by atoms with E-state index >= 15 is 0 Å². The monoisotopic (exact) mass is 290 g/mol. The van der Waals surface area contributed by atoms with E-state index in [0.29, 0.717) is 13.2 Å². The molecule has 13 heavy (non-hydrogen) atoms. The Balaban J connectivity index is 2.10. The largest absolute Gasteiger partial charge is 0.376 e. The van der Waals surface area contributed by atoms with E-state index in [1.807, 2.05) is 0 Å². The molecule has 0 N–H and O–H groups in total. The number of hydrogen-bond donors (Lipinski definition) is 0. The summed E-state index contributed by atoms with van der Waals surface area (Å²) in [5.41, 5.74) is 1.21. The molecule has 1 atom stereocenters. The fraction of sp³-hybridized carbons (Fsp3) is 0.400. The minimum absolute atomic E-state index is 0.130. The molecule has 1 fully saturated rings. The number of ether oxygens (including phenoxy) is 2. The quantitative estimate of drug-likeness (QED) is 0.739. The van der Waals surface area contributed by atoms with Gasteiger partial charge >= 0.3 is 0 Å². The molecule has 0 aliphatic carbocycles. The minimum atomic E-state index is 0.130. The average molecular weight is 290 g/mol. The van der Waals surface area contributed by atoms with Crippen LogP contribution in [0.1, 0.15) is 11.7 Å². The standard InChI is InChI=1S/C10H11IO2/c11-9-3-1-8(2-4-9)10-7-12-5-6-13-10/h1-4,10H,5-7H2. The Hall–Kier alpha value is -0.130. The predicted molar refractivity (Wildman–Crippen MR) is 58.7 cm³/mol. The third-order valence-electron chi connectivity index (χ3n) is 2.06. The zero-order valence-electron chi connectivity index (χ0n) is 7.20. The van der Waals surface area contributed by atoms with Crippen LogP contribution in [0.4, 0.5) is 0 Å². The molecular weight excluding hydrogens is 279 g/mol. The van der Waals surface area contributed by atoms with E-state index in [1.165, 1.54) is 9.13 Å². The van der Waals surface area contributed by atoms with Gasteiger partial charge in [-0.25, -0.2) is 0 Å². The van der Waals surface area contributed by atoms with E-state index in [1.54, 1.807) is 0 Å². The van der Waals surface area contributed by atoms with Gasteiger partial charge in [-0.3, -0.25) is 0 Å². The summed E-state index contributed by atoms with van der Waals surface area (Å²) in [7, 11) is 0. The van der Waals surface area contributed by atoms with Gasteiger partial charge < -0.3 is 9.47 Å². The summed E-state index contributed by atoms with van der Waals surface area (Å²) >= 11 is 2.30. The first-order chi connectivity index (χ1) is 6.36. The van der Waals surface area contributed by atoms with Gasteiger partial charge in [0.1, 0.15) is 6.10 Å². The Kier molecular flexibility index (Phi) is 3.18. The number of benzene rings is 1. The number of halogens is 1. The lowest BCUT2D eigenvalue weighted by atomic mass is 10.1. The van der Waals surface area contributed by atoms with Gasteiger partial charge in [0.05, 0.1) is 19.8 Å². The Morgan fingerprint density at radius 3 is 2.54 bits per heavy atom. The molecule has 0 radical (unpaired) electrons. The first kappa shape index (κ1) is 9.43. The van der Waals surface area contributed by atoms with Crippen LogP contribution in [0.15, 0.2) is 24.3 Å². The Morgan fingerprint density at radius 1 is 1.15 bits per heavy atom. The summed E-state index contributed by atoms with van der Waals surface area (Å²) in [6.45, 7) is 2.11. The summed E-state index contributed by atoms with van der Waals surface area (Å²) in [6.07, 6.45) is 0.130. The van der Waals surface area contributed by atoms with Crippen LogP contribution in [0.3, 0.4) is 0 Å². The van der Waals surface area contributed by atoms with Gasteiger partial charge in [-0.05, 0) is 40.3 Å². The molecule has 2 rings (SSSR count). The maximum Gasteiger partial charge on any atom is 0.106 e. The van der Waals surface area contributed by atoms with Gasteiger partial charge in [0.25, 0.3) is 0 Å². The van der Waals surface area contributed by atoms with Crippen LogP contribution >= 0.6 is 22.6 Å². The maximum absolute atomic E-state index is 5.58. The number of rotatable bonds is 1. The Morgan fingerprint density at radius 2 is 1.92 bits per heavy atom. The Bertz CT molecular complexity index is 265. The van der Waals surface area contributed by atoms with Crippen molar-refractivity contribution >= 4 is 22.6 Å². The number of hydrogen-bond acceptors (Lipinski definition) is 2. The zero-order chi connectivity index (χ0) is 9.10. The second-order valence-corrected chi connectivity index (χ2v) is 4.23. The lowest BCUT2D eigenvalue weighted by molar-refractivity contribution is -0.0901. The topological polar surface area (TPSA) is 18.5 Å². The van der Waals surface area contributed by atoms with Crippen LogP contribution in [-0.2, 0) is 9.47 Å². The van der Waals surface area contributed by atoms with Crippen molar-refractivity contribution in [3.05, 3.63) is 33.4 Å². The van der Waals surface area contributed by atoms with Crippen LogP contribution < -0.4 is 0 Å². The van der Waals surface area contributed by atoms with Gasteiger partial charge in [-0.15, -0.1) is 0 Å². The highest BCUT2D eigenvalue weighted by molar-refractivity contribution is 14.1. The van der Waals surface area contributed by atoms with E-state index in [2.05, 4.69) is 46.9 Å². The molecule has 1 unspecified atom stereocenters. The molecule has 1 saturated heterocycles. The van der Waals surface area contributed by atoms with E-state index in [4.69, 9.17) is 9.47 Å². The van der Waals surface area contributed by atoms with Crippen molar-refractivity contribution in [3.63, 3.8) is 0 Å². The Labute approximate surface area is 91.4 Å². The summed E-state index contributed by atoms with van der Waals surface area (Å²) in [4.78, 5) is 0. The molecule has 0 bridgehead atoms. The molecule has 0 saturated carbocycles. The molecule has 70 valence electrons. The molecule has 0 amide bonds. The van der Waals surface area contributed by atoms with Gasteiger partial charge in [0.15, 0.2) is 0 Å². The second kappa shape index (κ2) is 4.39. The minimum Gasteiger partial charge on any atom is -0.376 e. The van der Waals surface area contributed by atoms with Crippen molar-refractivity contribution < 1.29 is 9.47 Å². The van der Waals surface area contributed by atoms with Crippen LogP contribution in [0, 0.1) is 3.57 Å². The molecule has 0 spiro atoms. The summed E-state index contributed by atoms with van der Waals surface area (Å²) in [6, 6.07) is 8.38. The van der Waals surface area contributed by atoms with Gasteiger partial charge in [-0.1, -0.05) is 12.1 Å². The average Bonchev–Trinajstić information content (AvgIpc) is 2.20. The maximum atomic E-state index is 5.58. The molecule has 1 heterocycles. The molecule has 1 aromatic carbocycles. The van der Waals surface area contributed by atoms with Crippen molar-refractivity contribution in [1.29, 1.82) is 0 Å². The van der Waals surface area contributed by atoms with Crippen LogP contribution in [-0.4, -0.2) is 19.8 Å². The molecule has 1 aliphatic rings. The SMILES string of the molecule is Ic1ccc(C2COCCO2)cc1. The summed E-state index contributed by atoms with van der Waals surface area (Å²) < 4.78 is 12.2. The predicted octanol–water partition coefficient (Wildman–Crippen LogP) is 2.38. The van der Waals surface area contributed by atoms with E-state index < -0.39 is 0 Å². The third-order valence-corrected chi connectivity index (χ3v) is 2.78. The van der Waals surface area contributed by atoms with Gasteiger partial charge in [0.2, 0.25) is 0 Å². The molecule has 2 nitrogen and oxygen atoms in total. The van der Waals surface area contributed by atoms with Crippen LogP contribution in [0.2, 0.25) is 0 Å². The molecular formula is C10H11IO2. The summed E-state index contributed by atoms with van der Waals surface area (Å²) in [5, 5.41) is 0. The van der Waals surface area contributed by atoms with Gasteiger partial charge in [0, 0.05) is 3.57 Å². The highest BCUT2D eigenvalue weighted by atomic mass is 127. The summed E-state index contributed by atoms with van der Waals surface area (Å²) in [5.74, 6) is 0. The smallest absolute Gasteiger partial charge is 0.106 e. The fourth-order valence-electron chi connectivity index (χ4n) is 1.36.